The summed E-state index contributed by atoms with van der Waals surface area (Å²) in [4.78, 5) is 13.5. The normalized spacial score (nSPS) is 18.1. The molecule has 0 heterocycles. The SMILES string of the molecule is CN(Cc1ccc(Br)cc1)C1(CC(=O)O)CCCCC1. The molecule has 1 saturated carbocycles. The number of carbonyl (C=O) groups is 1. The van der Waals surface area contributed by atoms with Gasteiger partial charge in [0.15, 0.2) is 0 Å². The van der Waals surface area contributed by atoms with Crippen molar-refractivity contribution in [2.75, 3.05) is 7.05 Å². The summed E-state index contributed by atoms with van der Waals surface area (Å²) in [6.45, 7) is 0.806. The van der Waals surface area contributed by atoms with E-state index in [1.54, 1.807) is 0 Å². The molecule has 0 radical (unpaired) electrons. The zero-order valence-corrected chi connectivity index (χ0v) is 13.5. The highest BCUT2D eigenvalue weighted by atomic mass is 79.9. The number of carboxylic acid groups (broad SMARTS) is 1. The van der Waals surface area contributed by atoms with Crippen molar-refractivity contribution in [1.29, 1.82) is 0 Å². The molecule has 1 aliphatic rings. The summed E-state index contributed by atoms with van der Waals surface area (Å²) in [5.74, 6) is -0.686. The number of hydrogen-bond acceptors (Lipinski definition) is 2. The largest absolute Gasteiger partial charge is 0.481 e. The maximum Gasteiger partial charge on any atom is 0.305 e. The van der Waals surface area contributed by atoms with Crippen LogP contribution < -0.4 is 0 Å². The van der Waals surface area contributed by atoms with Crippen LogP contribution in [-0.2, 0) is 11.3 Å². The van der Waals surface area contributed by atoms with Crippen molar-refractivity contribution in [3.05, 3.63) is 34.3 Å². The Morgan fingerprint density at radius 1 is 1.25 bits per heavy atom. The fourth-order valence-corrected chi connectivity index (χ4v) is 3.48. The van der Waals surface area contributed by atoms with E-state index in [1.165, 1.54) is 12.0 Å². The third-order valence-corrected chi connectivity index (χ3v) is 4.94. The van der Waals surface area contributed by atoms with Gasteiger partial charge in [0.1, 0.15) is 0 Å². The van der Waals surface area contributed by atoms with Crippen LogP contribution in [0.15, 0.2) is 28.7 Å². The number of aliphatic carboxylic acids is 1. The number of halogens is 1. The fourth-order valence-electron chi connectivity index (χ4n) is 3.22. The quantitative estimate of drug-likeness (QED) is 0.879. The first-order valence-corrected chi connectivity index (χ1v) is 7.99. The Morgan fingerprint density at radius 3 is 2.40 bits per heavy atom. The number of nitrogens with zero attached hydrogens (tertiary/aromatic N) is 1. The van der Waals surface area contributed by atoms with Crippen LogP contribution in [0.3, 0.4) is 0 Å². The molecule has 2 rings (SSSR count). The number of carboxylic acids is 1. The highest BCUT2D eigenvalue weighted by Crippen LogP contribution is 2.36. The molecule has 3 nitrogen and oxygen atoms in total. The molecule has 0 amide bonds. The van der Waals surface area contributed by atoms with Crippen LogP contribution in [-0.4, -0.2) is 28.6 Å². The second kappa shape index (κ2) is 6.72. The van der Waals surface area contributed by atoms with E-state index in [2.05, 4.69) is 40.0 Å². The molecular weight excluding hydrogens is 318 g/mol. The van der Waals surface area contributed by atoms with Crippen LogP contribution in [0, 0.1) is 0 Å². The second-order valence-corrected chi connectivity index (χ2v) is 6.75. The Kier molecular flexibility index (Phi) is 5.22. The first-order chi connectivity index (χ1) is 9.52. The maximum absolute atomic E-state index is 11.2. The Balaban J connectivity index is 2.11. The fraction of sp³-hybridized carbons (Fsp3) is 0.562. The summed E-state index contributed by atoms with van der Waals surface area (Å²) in [6.07, 6.45) is 5.74. The smallest absolute Gasteiger partial charge is 0.305 e. The van der Waals surface area contributed by atoms with Crippen molar-refractivity contribution in [2.24, 2.45) is 0 Å². The van der Waals surface area contributed by atoms with Gasteiger partial charge in [0, 0.05) is 16.6 Å². The second-order valence-electron chi connectivity index (χ2n) is 5.84. The van der Waals surface area contributed by atoms with E-state index in [-0.39, 0.29) is 12.0 Å². The summed E-state index contributed by atoms with van der Waals surface area (Å²) in [6, 6.07) is 8.26. The van der Waals surface area contributed by atoms with Gasteiger partial charge in [-0.25, -0.2) is 0 Å². The van der Waals surface area contributed by atoms with E-state index < -0.39 is 5.97 Å². The van der Waals surface area contributed by atoms with E-state index in [9.17, 15) is 9.90 Å². The summed E-state index contributed by atoms with van der Waals surface area (Å²) >= 11 is 3.44. The lowest BCUT2D eigenvalue weighted by Crippen LogP contribution is -2.49. The van der Waals surface area contributed by atoms with Gasteiger partial charge in [-0.05, 0) is 37.6 Å². The van der Waals surface area contributed by atoms with Gasteiger partial charge in [-0.3, -0.25) is 9.69 Å². The molecule has 1 N–H and O–H groups in total. The lowest BCUT2D eigenvalue weighted by atomic mass is 9.78. The first-order valence-electron chi connectivity index (χ1n) is 7.19. The van der Waals surface area contributed by atoms with Crippen LogP contribution in [0.4, 0.5) is 0 Å². The third-order valence-electron chi connectivity index (χ3n) is 4.41. The Hall–Kier alpha value is -0.870. The number of benzene rings is 1. The average molecular weight is 340 g/mol. The molecule has 0 unspecified atom stereocenters. The van der Waals surface area contributed by atoms with Crippen molar-refractivity contribution in [3.63, 3.8) is 0 Å². The van der Waals surface area contributed by atoms with Gasteiger partial charge in [-0.15, -0.1) is 0 Å². The molecule has 1 aromatic carbocycles. The summed E-state index contributed by atoms with van der Waals surface area (Å²) < 4.78 is 1.07. The van der Waals surface area contributed by atoms with Crippen LogP contribution in [0.5, 0.6) is 0 Å². The molecule has 0 aliphatic heterocycles. The zero-order valence-electron chi connectivity index (χ0n) is 11.9. The van der Waals surface area contributed by atoms with Gasteiger partial charge in [0.25, 0.3) is 0 Å². The molecule has 20 heavy (non-hydrogen) atoms. The molecule has 4 heteroatoms. The lowest BCUT2D eigenvalue weighted by molar-refractivity contribution is -0.141. The topological polar surface area (TPSA) is 40.5 Å². The van der Waals surface area contributed by atoms with Gasteiger partial charge in [-0.1, -0.05) is 47.3 Å². The van der Waals surface area contributed by atoms with E-state index >= 15 is 0 Å². The van der Waals surface area contributed by atoms with Crippen molar-refractivity contribution in [1.82, 2.24) is 4.90 Å². The molecule has 1 fully saturated rings. The van der Waals surface area contributed by atoms with Gasteiger partial charge >= 0.3 is 5.97 Å². The van der Waals surface area contributed by atoms with E-state index in [0.29, 0.717) is 0 Å². The monoisotopic (exact) mass is 339 g/mol. The third kappa shape index (κ3) is 3.83. The Morgan fingerprint density at radius 2 is 1.85 bits per heavy atom. The average Bonchev–Trinajstić information content (AvgIpc) is 2.41. The maximum atomic E-state index is 11.2. The minimum absolute atomic E-state index is 0.169. The van der Waals surface area contributed by atoms with Crippen LogP contribution in [0.1, 0.15) is 44.1 Å². The number of hydrogen-bond donors (Lipinski definition) is 1. The Labute approximate surface area is 129 Å². The van der Waals surface area contributed by atoms with Gasteiger partial charge in [0.2, 0.25) is 0 Å². The molecule has 0 saturated heterocycles. The van der Waals surface area contributed by atoms with Gasteiger partial charge in [-0.2, -0.15) is 0 Å². The predicted molar refractivity (Wildman–Crippen MR) is 83.7 cm³/mol. The van der Waals surface area contributed by atoms with Gasteiger partial charge in [0.05, 0.1) is 6.42 Å². The molecule has 0 spiro atoms. The van der Waals surface area contributed by atoms with Crippen molar-refractivity contribution in [2.45, 2.75) is 50.6 Å². The van der Waals surface area contributed by atoms with Crippen molar-refractivity contribution < 1.29 is 9.90 Å². The molecule has 0 bridgehead atoms. The number of rotatable bonds is 5. The van der Waals surface area contributed by atoms with Crippen LogP contribution in [0.2, 0.25) is 0 Å². The predicted octanol–water partition coefficient (Wildman–Crippen LogP) is 4.06. The summed E-state index contributed by atoms with van der Waals surface area (Å²) in [5, 5.41) is 9.25. The van der Waals surface area contributed by atoms with Crippen LogP contribution >= 0.6 is 15.9 Å². The summed E-state index contributed by atoms with van der Waals surface area (Å²) in [5.41, 5.74) is 1.06. The molecular formula is C16H22BrNO2. The molecule has 0 aromatic heterocycles. The molecule has 1 aromatic rings. The molecule has 110 valence electrons. The van der Waals surface area contributed by atoms with Crippen molar-refractivity contribution in [3.8, 4) is 0 Å². The Bertz CT molecular complexity index is 452. The van der Waals surface area contributed by atoms with E-state index in [1.807, 2.05) is 12.1 Å². The highest BCUT2D eigenvalue weighted by Gasteiger charge is 2.37. The minimum atomic E-state index is -0.686. The van der Waals surface area contributed by atoms with E-state index in [0.717, 1.165) is 36.7 Å². The van der Waals surface area contributed by atoms with Crippen molar-refractivity contribution >= 4 is 21.9 Å². The minimum Gasteiger partial charge on any atom is -0.481 e. The first kappa shape index (κ1) is 15.5. The highest BCUT2D eigenvalue weighted by molar-refractivity contribution is 9.10. The summed E-state index contributed by atoms with van der Waals surface area (Å²) in [7, 11) is 2.07. The van der Waals surface area contributed by atoms with Gasteiger partial charge < -0.3 is 5.11 Å². The standard InChI is InChI=1S/C16H22BrNO2/c1-18(12-13-5-7-14(17)8-6-13)16(11-15(19)20)9-3-2-4-10-16/h5-8H,2-4,9-12H2,1H3,(H,19,20). The van der Waals surface area contributed by atoms with E-state index in [4.69, 9.17) is 0 Å². The van der Waals surface area contributed by atoms with Crippen LogP contribution in [0.25, 0.3) is 0 Å². The molecule has 1 aliphatic carbocycles. The molecule has 0 atom stereocenters. The lowest BCUT2D eigenvalue weighted by Gasteiger charge is -2.44. The zero-order chi connectivity index (χ0) is 14.6.